The molecule has 1 fully saturated rings. The van der Waals surface area contributed by atoms with E-state index in [2.05, 4.69) is 37.1 Å². The summed E-state index contributed by atoms with van der Waals surface area (Å²) in [5, 5.41) is 12.4. The Morgan fingerprint density at radius 3 is 2.44 bits per heavy atom. The summed E-state index contributed by atoms with van der Waals surface area (Å²) in [5.41, 5.74) is 2.20. The number of benzene rings is 1. The van der Waals surface area contributed by atoms with Gasteiger partial charge in [-0.05, 0) is 56.4 Å². The van der Waals surface area contributed by atoms with Crippen molar-refractivity contribution < 1.29 is 4.79 Å². The average molecular weight is 339 g/mol. The normalized spacial score (nSPS) is 20.6. The molecule has 0 aromatic heterocycles. The lowest BCUT2D eigenvalue weighted by atomic mass is 9.86. The quantitative estimate of drug-likeness (QED) is 0.626. The van der Waals surface area contributed by atoms with Gasteiger partial charge in [0.05, 0.1) is 0 Å². The Morgan fingerprint density at radius 1 is 1.24 bits per heavy atom. The highest BCUT2D eigenvalue weighted by molar-refractivity contribution is 6.01. The van der Waals surface area contributed by atoms with Crippen molar-refractivity contribution in [3.8, 4) is 6.07 Å². The fraction of sp³-hybridized carbons (Fsp3) is 0.524. The summed E-state index contributed by atoms with van der Waals surface area (Å²) in [7, 11) is 0. The summed E-state index contributed by atoms with van der Waals surface area (Å²) in [6.07, 6.45) is 6.20. The van der Waals surface area contributed by atoms with Gasteiger partial charge in [0.25, 0.3) is 5.91 Å². The minimum absolute atomic E-state index is 0.174. The first-order chi connectivity index (χ1) is 12.1. The lowest BCUT2D eigenvalue weighted by Crippen LogP contribution is -2.41. The molecule has 1 amide bonds. The monoisotopic (exact) mass is 339 g/mol. The Hall–Kier alpha value is -2.28. The largest absolute Gasteiger partial charge is 0.372 e. The van der Waals surface area contributed by atoms with Crippen LogP contribution >= 0.6 is 0 Å². The number of nitriles is 1. The van der Waals surface area contributed by atoms with Gasteiger partial charge in [-0.1, -0.05) is 31.9 Å². The maximum absolute atomic E-state index is 12.5. The molecule has 1 saturated carbocycles. The van der Waals surface area contributed by atoms with E-state index in [4.69, 9.17) is 0 Å². The molecule has 0 radical (unpaired) electrons. The zero-order chi connectivity index (χ0) is 18.2. The molecule has 1 aromatic carbocycles. The lowest BCUT2D eigenvalue weighted by molar-refractivity contribution is -0.118. The predicted molar refractivity (Wildman–Crippen MR) is 103 cm³/mol. The molecule has 0 bridgehead atoms. The Morgan fingerprint density at radius 2 is 1.88 bits per heavy atom. The molecule has 1 aliphatic rings. The lowest BCUT2D eigenvalue weighted by Gasteiger charge is -2.29. The first-order valence-corrected chi connectivity index (χ1v) is 9.36. The van der Waals surface area contributed by atoms with Gasteiger partial charge in [0, 0.05) is 24.8 Å². The van der Waals surface area contributed by atoms with Gasteiger partial charge in [-0.2, -0.15) is 5.26 Å². The summed E-state index contributed by atoms with van der Waals surface area (Å²) in [4.78, 5) is 14.7. The van der Waals surface area contributed by atoms with Crippen LogP contribution in [0.15, 0.2) is 29.8 Å². The van der Waals surface area contributed by atoms with Crippen molar-refractivity contribution in [2.24, 2.45) is 5.92 Å². The van der Waals surface area contributed by atoms with Crippen LogP contribution in [-0.2, 0) is 4.79 Å². The van der Waals surface area contributed by atoms with Crippen molar-refractivity contribution in [2.45, 2.75) is 52.5 Å². The molecule has 0 saturated heterocycles. The van der Waals surface area contributed by atoms with Gasteiger partial charge in [-0.15, -0.1) is 0 Å². The number of carbonyl (C=O) groups is 1. The second-order valence-electron chi connectivity index (χ2n) is 6.78. The molecular formula is C21H29N3O. The summed E-state index contributed by atoms with van der Waals surface area (Å²) < 4.78 is 0. The van der Waals surface area contributed by atoms with Gasteiger partial charge in [-0.25, -0.2) is 0 Å². The van der Waals surface area contributed by atoms with E-state index >= 15 is 0 Å². The summed E-state index contributed by atoms with van der Waals surface area (Å²) >= 11 is 0. The van der Waals surface area contributed by atoms with Gasteiger partial charge in [-0.3, -0.25) is 4.79 Å². The average Bonchev–Trinajstić information content (AvgIpc) is 2.63. The van der Waals surface area contributed by atoms with E-state index < -0.39 is 0 Å². The van der Waals surface area contributed by atoms with E-state index in [1.54, 1.807) is 6.08 Å². The molecule has 4 nitrogen and oxygen atoms in total. The van der Waals surface area contributed by atoms with Gasteiger partial charge >= 0.3 is 0 Å². The molecule has 0 heterocycles. The smallest absolute Gasteiger partial charge is 0.262 e. The highest BCUT2D eigenvalue weighted by atomic mass is 16.1. The Bertz CT molecular complexity index is 638. The first kappa shape index (κ1) is 19.1. The Labute approximate surface area is 151 Å². The second kappa shape index (κ2) is 9.27. The van der Waals surface area contributed by atoms with Crippen molar-refractivity contribution in [3.05, 3.63) is 35.4 Å². The molecule has 134 valence electrons. The molecule has 1 aromatic rings. The van der Waals surface area contributed by atoms with Crippen LogP contribution in [0.5, 0.6) is 0 Å². The molecular weight excluding hydrogens is 310 g/mol. The minimum Gasteiger partial charge on any atom is -0.372 e. The number of nitrogens with zero attached hydrogens (tertiary/aromatic N) is 2. The van der Waals surface area contributed by atoms with Gasteiger partial charge in [0.15, 0.2) is 0 Å². The zero-order valence-corrected chi connectivity index (χ0v) is 15.6. The fourth-order valence-electron chi connectivity index (χ4n) is 3.46. The molecule has 25 heavy (non-hydrogen) atoms. The van der Waals surface area contributed by atoms with Crippen molar-refractivity contribution in [3.63, 3.8) is 0 Å². The highest BCUT2D eigenvalue weighted by Gasteiger charge is 2.24. The van der Waals surface area contributed by atoms with Gasteiger partial charge in [0.2, 0.25) is 0 Å². The number of rotatable bonds is 6. The molecule has 0 unspecified atom stereocenters. The van der Waals surface area contributed by atoms with Crippen LogP contribution in [0.4, 0.5) is 5.69 Å². The topological polar surface area (TPSA) is 56.1 Å². The standard InChI is InChI=1S/C21H29N3O/c1-4-24(5-2)19-12-10-17(11-13-19)14-18(15-22)21(25)23-20-9-7-6-8-16(20)3/h10-14,16,20H,4-9H2,1-3H3,(H,23,25)/b18-14+/t16-,20-/m1/s1. The Balaban J connectivity index is 2.08. The molecule has 0 aliphatic heterocycles. The van der Waals surface area contributed by atoms with Gasteiger partial charge in [0.1, 0.15) is 11.6 Å². The predicted octanol–water partition coefficient (Wildman–Crippen LogP) is 4.13. The van der Waals surface area contributed by atoms with Crippen LogP contribution in [0.1, 0.15) is 52.0 Å². The van der Waals surface area contributed by atoms with Crippen molar-refractivity contribution >= 4 is 17.7 Å². The first-order valence-electron chi connectivity index (χ1n) is 9.36. The summed E-state index contributed by atoms with van der Waals surface area (Å²) in [5.74, 6) is 0.222. The minimum atomic E-state index is -0.255. The second-order valence-corrected chi connectivity index (χ2v) is 6.78. The van der Waals surface area contributed by atoms with Crippen molar-refractivity contribution in [1.82, 2.24) is 5.32 Å². The van der Waals surface area contributed by atoms with E-state index in [0.717, 1.165) is 43.6 Å². The SMILES string of the molecule is CCN(CC)c1ccc(/C=C(\C#N)C(=O)N[C@@H]2CCCC[C@H]2C)cc1. The maximum Gasteiger partial charge on any atom is 0.262 e. The summed E-state index contributed by atoms with van der Waals surface area (Å²) in [6, 6.07) is 10.2. The van der Waals surface area contributed by atoms with E-state index in [0.29, 0.717) is 5.92 Å². The van der Waals surface area contributed by atoms with Crippen molar-refractivity contribution in [1.29, 1.82) is 5.26 Å². The molecule has 4 heteroatoms. The highest BCUT2D eigenvalue weighted by Crippen LogP contribution is 2.24. The Kier molecular flexibility index (Phi) is 7.06. The number of hydrogen-bond acceptors (Lipinski definition) is 3. The zero-order valence-electron chi connectivity index (χ0n) is 15.6. The van der Waals surface area contributed by atoms with E-state index in [-0.39, 0.29) is 17.5 Å². The third-order valence-electron chi connectivity index (χ3n) is 5.13. The third-order valence-corrected chi connectivity index (χ3v) is 5.13. The molecule has 1 N–H and O–H groups in total. The van der Waals surface area contributed by atoms with Crippen LogP contribution in [0.3, 0.4) is 0 Å². The van der Waals surface area contributed by atoms with E-state index in [1.807, 2.05) is 24.3 Å². The molecule has 2 rings (SSSR count). The number of anilines is 1. The van der Waals surface area contributed by atoms with Crippen molar-refractivity contribution in [2.75, 3.05) is 18.0 Å². The van der Waals surface area contributed by atoms with Gasteiger partial charge < -0.3 is 10.2 Å². The maximum atomic E-state index is 12.5. The molecule has 2 atom stereocenters. The number of hydrogen-bond donors (Lipinski definition) is 1. The number of nitrogens with one attached hydrogen (secondary N) is 1. The van der Waals surface area contributed by atoms with Crippen LogP contribution < -0.4 is 10.2 Å². The number of carbonyl (C=O) groups excluding carboxylic acids is 1. The number of amides is 1. The third kappa shape index (κ3) is 5.09. The molecule has 0 spiro atoms. The van der Waals surface area contributed by atoms with Crippen LogP contribution in [0, 0.1) is 17.2 Å². The van der Waals surface area contributed by atoms with Crippen LogP contribution in [0.25, 0.3) is 6.08 Å². The van der Waals surface area contributed by atoms with E-state index in [1.165, 1.54) is 6.42 Å². The van der Waals surface area contributed by atoms with E-state index in [9.17, 15) is 10.1 Å². The fourth-order valence-corrected chi connectivity index (χ4v) is 3.46. The summed E-state index contributed by atoms with van der Waals surface area (Å²) in [6.45, 7) is 8.34. The van der Waals surface area contributed by atoms with Crippen LogP contribution in [-0.4, -0.2) is 25.0 Å². The van der Waals surface area contributed by atoms with Crippen LogP contribution in [0.2, 0.25) is 0 Å². The molecule has 1 aliphatic carbocycles.